The first-order chi connectivity index (χ1) is 17.2. The molecule has 1 aromatic heterocycles. The van der Waals surface area contributed by atoms with Crippen LogP contribution in [0.1, 0.15) is 104 Å². The Morgan fingerprint density at radius 1 is 0.857 bits per heavy atom. The molecule has 3 N–H and O–H groups in total. The number of amides is 1. The second-order valence-electron chi connectivity index (χ2n) is 9.66. The van der Waals surface area contributed by atoms with Gasteiger partial charge in [-0.3, -0.25) is 0 Å². The lowest BCUT2D eigenvalue weighted by Gasteiger charge is -2.35. The Labute approximate surface area is 213 Å². The lowest BCUT2D eigenvalue weighted by Crippen LogP contribution is -2.49. The first-order valence-electron chi connectivity index (χ1n) is 14.2. The number of nitrogens with zero attached hydrogens (tertiary/aromatic N) is 4. The van der Waals surface area contributed by atoms with E-state index in [1.165, 1.54) is 83.5 Å². The van der Waals surface area contributed by atoms with Gasteiger partial charge in [-0.1, -0.05) is 90.4 Å². The van der Waals surface area contributed by atoms with Gasteiger partial charge in [-0.05, 0) is 13.3 Å². The van der Waals surface area contributed by atoms with Crippen molar-refractivity contribution >= 4 is 23.4 Å². The Bertz CT molecular complexity index is 694. The fourth-order valence-corrected chi connectivity index (χ4v) is 4.62. The van der Waals surface area contributed by atoms with E-state index in [2.05, 4.69) is 27.1 Å². The van der Waals surface area contributed by atoms with E-state index in [1.54, 1.807) is 11.2 Å². The number of ether oxygens (including phenoxy) is 1. The summed E-state index contributed by atoms with van der Waals surface area (Å²) < 4.78 is 5.09. The van der Waals surface area contributed by atoms with Crippen molar-refractivity contribution in [3.8, 4) is 0 Å². The summed E-state index contributed by atoms with van der Waals surface area (Å²) in [5, 5.41) is 3.39. The molecule has 0 saturated carbocycles. The normalized spacial score (nSPS) is 13.8. The van der Waals surface area contributed by atoms with Crippen molar-refractivity contribution in [2.75, 3.05) is 55.3 Å². The molecular weight excluding hydrogens is 440 g/mol. The molecule has 0 atom stereocenters. The molecule has 1 aromatic rings. The monoisotopic (exact) mass is 490 g/mol. The van der Waals surface area contributed by atoms with Gasteiger partial charge in [-0.25, -0.2) is 14.8 Å². The highest BCUT2D eigenvalue weighted by Gasteiger charge is 2.24. The molecule has 1 amide bonds. The van der Waals surface area contributed by atoms with Crippen molar-refractivity contribution in [3.63, 3.8) is 0 Å². The van der Waals surface area contributed by atoms with E-state index in [4.69, 9.17) is 10.5 Å². The topological polar surface area (TPSA) is 96.6 Å². The van der Waals surface area contributed by atoms with Crippen LogP contribution in [0, 0.1) is 0 Å². The predicted octanol–water partition coefficient (Wildman–Crippen LogP) is 6.23. The number of nitrogens with two attached hydrogens (primary N) is 1. The molecule has 0 aromatic carbocycles. The molecule has 1 aliphatic rings. The number of piperazine rings is 1. The number of rotatable bonds is 18. The van der Waals surface area contributed by atoms with E-state index in [-0.39, 0.29) is 6.09 Å². The highest BCUT2D eigenvalue weighted by Crippen LogP contribution is 2.27. The molecule has 0 radical (unpaired) electrons. The Hall–Kier alpha value is -2.25. The minimum Gasteiger partial charge on any atom is -0.450 e. The van der Waals surface area contributed by atoms with Gasteiger partial charge in [0.05, 0.1) is 6.61 Å². The van der Waals surface area contributed by atoms with Gasteiger partial charge in [0, 0.05) is 32.7 Å². The molecule has 2 rings (SSSR count). The molecule has 0 unspecified atom stereocenters. The van der Waals surface area contributed by atoms with Gasteiger partial charge >= 0.3 is 6.09 Å². The van der Waals surface area contributed by atoms with Gasteiger partial charge in [-0.15, -0.1) is 0 Å². The number of carbonyl (C=O) groups is 1. The summed E-state index contributed by atoms with van der Waals surface area (Å²) in [5.74, 6) is 1.45. The first-order valence-corrected chi connectivity index (χ1v) is 14.2. The third-order valence-corrected chi connectivity index (χ3v) is 6.79. The highest BCUT2D eigenvalue weighted by molar-refractivity contribution is 5.75. The zero-order valence-electron chi connectivity index (χ0n) is 22.4. The summed E-state index contributed by atoms with van der Waals surface area (Å²) in [6, 6.07) is 0. The maximum Gasteiger partial charge on any atom is 0.409 e. The van der Waals surface area contributed by atoms with Crippen LogP contribution in [-0.4, -0.2) is 60.3 Å². The second kappa shape index (κ2) is 18.1. The van der Waals surface area contributed by atoms with Crippen molar-refractivity contribution in [2.24, 2.45) is 0 Å². The summed E-state index contributed by atoms with van der Waals surface area (Å²) in [6.07, 6.45) is 20.3. The maximum absolute atomic E-state index is 11.9. The number of nitrogens with one attached hydrogen (secondary N) is 1. The van der Waals surface area contributed by atoms with E-state index in [9.17, 15) is 4.79 Å². The average molecular weight is 491 g/mol. The van der Waals surface area contributed by atoms with E-state index < -0.39 is 0 Å². The molecule has 1 aliphatic heterocycles. The fraction of sp³-hybridized carbons (Fsp3) is 0.815. The van der Waals surface area contributed by atoms with Crippen molar-refractivity contribution in [2.45, 2.75) is 104 Å². The molecule has 35 heavy (non-hydrogen) atoms. The van der Waals surface area contributed by atoms with Gasteiger partial charge < -0.3 is 25.6 Å². The quantitative estimate of drug-likeness (QED) is 0.235. The van der Waals surface area contributed by atoms with Crippen molar-refractivity contribution in [3.05, 3.63) is 6.33 Å². The molecule has 0 aliphatic carbocycles. The van der Waals surface area contributed by atoms with Crippen molar-refractivity contribution in [1.82, 2.24) is 14.9 Å². The summed E-state index contributed by atoms with van der Waals surface area (Å²) in [7, 11) is 0. The molecule has 0 spiro atoms. The third-order valence-electron chi connectivity index (χ3n) is 6.79. The second-order valence-corrected chi connectivity index (χ2v) is 9.66. The summed E-state index contributed by atoms with van der Waals surface area (Å²) in [5.41, 5.74) is 6.97. The first kappa shape index (κ1) is 29.0. The van der Waals surface area contributed by atoms with E-state index in [0.29, 0.717) is 44.3 Å². The standard InChI is InChI=1S/C27H50N6O2/c1-3-5-6-7-8-9-10-11-12-13-14-15-16-17-18-29-25-24(28)26(31-23-30-25)32-19-21-33(22-20-32)27(34)35-4-2/h23H,3-22,28H2,1-2H3,(H,29,30,31). The number of unbranched alkanes of at least 4 members (excludes halogenated alkanes) is 13. The number of hydrogen-bond donors (Lipinski definition) is 2. The van der Waals surface area contributed by atoms with Gasteiger partial charge in [-0.2, -0.15) is 0 Å². The largest absolute Gasteiger partial charge is 0.450 e. The van der Waals surface area contributed by atoms with E-state index >= 15 is 0 Å². The van der Waals surface area contributed by atoms with Gasteiger partial charge in [0.15, 0.2) is 11.6 Å². The SMILES string of the molecule is CCCCCCCCCCCCCCCCNc1ncnc(N2CCN(C(=O)OCC)CC2)c1N. The predicted molar refractivity (Wildman–Crippen MR) is 146 cm³/mol. The summed E-state index contributed by atoms with van der Waals surface area (Å²) >= 11 is 0. The van der Waals surface area contributed by atoms with Crippen LogP contribution in [0.2, 0.25) is 0 Å². The smallest absolute Gasteiger partial charge is 0.409 e. The van der Waals surface area contributed by atoms with Crippen LogP contribution in [0.4, 0.5) is 22.1 Å². The lowest BCUT2D eigenvalue weighted by atomic mass is 10.0. The van der Waals surface area contributed by atoms with Crippen LogP contribution >= 0.6 is 0 Å². The summed E-state index contributed by atoms with van der Waals surface area (Å²) in [4.78, 5) is 24.5. The summed E-state index contributed by atoms with van der Waals surface area (Å²) in [6.45, 7) is 7.93. The maximum atomic E-state index is 11.9. The van der Waals surface area contributed by atoms with Gasteiger partial charge in [0.25, 0.3) is 0 Å². The number of carbonyl (C=O) groups excluding carboxylic acids is 1. The lowest BCUT2D eigenvalue weighted by molar-refractivity contribution is 0.105. The molecule has 1 fully saturated rings. The molecule has 8 nitrogen and oxygen atoms in total. The molecule has 200 valence electrons. The Morgan fingerprint density at radius 3 is 1.94 bits per heavy atom. The van der Waals surface area contributed by atoms with Crippen LogP contribution in [0.25, 0.3) is 0 Å². The molecule has 8 heteroatoms. The zero-order valence-corrected chi connectivity index (χ0v) is 22.4. The molecule has 0 bridgehead atoms. The van der Waals surface area contributed by atoms with Crippen LogP contribution in [0.5, 0.6) is 0 Å². The van der Waals surface area contributed by atoms with Crippen molar-refractivity contribution in [1.29, 1.82) is 0 Å². The van der Waals surface area contributed by atoms with Gasteiger partial charge in [0.2, 0.25) is 0 Å². The van der Waals surface area contributed by atoms with Crippen LogP contribution in [0.3, 0.4) is 0 Å². The number of anilines is 3. The Balaban J connectivity index is 1.53. The Kier molecular flexibility index (Phi) is 15.0. The fourth-order valence-electron chi connectivity index (χ4n) is 4.62. The average Bonchev–Trinajstić information content (AvgIpc) is 2.87. The minimum atomic E-state index is -0.252. The zero-order chi connectivity index (χ0) is 25.1. The number of nitrogen functional groups attached to an aromatic ring is 1. The number of aromatic nitrogens is 2. The number of hydrogen-bond acceptors (Lipinski definition) is 7. The van der Waals surface area contributed by atoms with E-state index in [0.717, 1.165) is 18.8 Å². The van der Waals surface area contributed by atoms with Crippen LogP contribution in [0.15, 0.2) is 6.33 Å². The molecular formula is C27H50N6O2. The third kappa shape index (κ3) is 11.4. The minimum absolute atomic E-state index is 0.252. The van der Waals surface area contributed by atoms with Gasteiger partial charge in [0.1, 0.15) is 12.0 Å². The van der Waals surface area contributed by atoms with Crippen molar-refractivity contribution < 1.29 is 9.53 Å². The highest BCUT2D eigenvalue weighted by atomic mass is 16.6. The van der Waals surface area contributed by atoms with Crippen LogP contribution in [-0.2, 0) is 4.74 Å². The molecule has 1 saturated heterocycles. The molecule has 2 heterocycles. The Morgan fingerprint density at radius 2 is 1.40 bits per heavy atom. The van der Waals surface area contributed by atoms with E-state index in [1.807, 2.05) is 6.92 Å². The van der Waals surface area contributed by atoms with Crippen LogP contribution < -0.4 is 16.0 Å².